The van der Waals surface area contributed by atoms with Crippen LogP contribution >= 0.6 is 24.0 Å². The zero-order chi connectivity index (χ0) is 20.4. The number of carboxylic acid groups (broad SMARTS) is 1. The van der Waals surface area contributed by atoms with Gasteiger partial charge in [-0.05, 0) is 13.0 Å². The molecule has 0 unspecified atom stereocenters. The van der Waals surface area contributed by atoms with Crippen molar-refractivity contribution in [3.63, 3.8) is 0 Å². The van der Waals surface area contributed by atoms with Crippen molar-refractivity contribution in [3.05, 3.63) is 34.7 Å². The molecule has 1 aromatic carbocycles. The fourth-order valence-corrected chi connectivity index (χ4v) is 4.32. The van der Waals surface area contributed by atoms with Crippen molar-refractivity contribution in [2.75, 3.05) is 24.6 Å². The fourth-order valence-electron chi connectivity index (χ4n) is 2.94. The molecular formula is C18H16N2O6S2. The first-order valence-corrected chi connectivity index (χ1v) is 9.64. The van der Waals surface area contributed by atoms with Crippen LogP contribution in [0.3, 0.4) is 0 Å². The van der Waals surface area contributed by atoms with Gasteiger partial charge in [0.25, 0.3) is 11.8 Å². The highest BCUT2D eigenvalue weighted by Gasteiger charge is 2.42. The molecule has 0 saturated carbocycles. The number of rotatable bonds is 6. The number of benzene rings is 1. The van der Waals surface area contributed by atoms with Crippen LogP contribution < -0.4 is 4.90 Å². The molecule has 1 saturated heterocycles. The second-order valence-electron chi connectivity index (χ2n) is 5.89. The number of carboxylic acids is 1. The Morgan fingerprint density at radius 2 is 1.89 bits per heavy atom. The number of fused-ring (bicyclic) bond motifs is 1. The standard InChI is InChI=1S/C18H16N2O6S2/c1-2-26-13(23)9-20-11-6-4-3-5-10(11)14(16(20)24)15-17(25)19(18(27)28-15)8-7-12(21)22/h3-6H,2,7-9H2,1H3,(H,21,22)/b15-14+. The van der Waals surface area contributed by atoms with E-state index in [0.717, 1.165) is 11.8 Å². The topological polar surface area (TPSA) is 104 Å². The van der Waals surface area contributed by atoms with Gasteiger partial charge in [-0.15, -0.1) is 0 Å². The number of hydrogen-bond donors (Lipinski definition) is 1. The fraction of sp³-hybridized carbons (Fsp3) is 0.278. The maximum atomic E-state index is 13.1. The number of carbonyl (C=O) groups is 4. The van der Waals surface area contributed by atoms with Gasteiger partial charge in [-0.1, -0.05) is 42.2 Å². The predicted octanol–water partition coefficient (Wildman–Crippen LogP) is 1.64. The van der Waals surface area contributed by atoms with Gasteiger partial charge in [0.2, 0.25) is 0 Å². The summed E-state index contributed by atoms with van der Waals surface area (Å²) in [5, 5.41) is 8.85. The third kappa shape index (κ3) is 3.65. The Bertz CT molecular complexity index is 926. The molecule has 28 heavy (non-hydrogen) atoms. The van der Waals surface area contributed by atoms with Gasteiger partial charge in [0.1, 0.15) is 10.9 Å². The van der Waals surface area contributed by atoms with E-state index in [4.69, 9.17) is 22.1 Å². The molecule has 0 radical (unpaired) electrons. The summed E-state index contributed by atoms with van der Waals surface area (Å²) in [6, 6.07) is 6.83. The number of hydrogen-bond acceptors (Lipinski definition) is 7. The number of aliphatic carboxylic acids is 1. The average molecular weight is 420 g/mol. The molecule has 0 aliphatic carbocycles. The molecule has 10 heteroatoms. The summed E-state index contributed by atoms with van der Waals surface area (Å²) in [6.45, 7) is 1.52. The van der Waals surface area contributed by atoms with Crippen LogP contribution in [0.5, 0.6) is 0 Å². The number of nitrogens with zero attached hydrogens (tertiary/aromatic N) is 2. The van der Waals surface area contributed by atoms with Gasteiger partial charge < -0.3 is 9.84 Å². The van der Waals surface area contributed by atoms with E-state index in [9.17, 15) is 19.2 Å². The lowest BCUT2D eigenvalue weighted by atomic mass is 10.1. The minimum Gasteiger partial charge on any atom is -0.481 e. The lowest BCUT2D eigenvalue weighted by Gasteiger charge is -2.15. The summed E-state index contributed by atoms with van der Waals surface area (Å²) >= 11 is 6.16. The second-order valence-corrected chi connectivity index (χ2v) is 7.53. The number of anilines is 1. The minimum atomic E-state index is -1.05. The number of thiocarbonyl (C=S) groups is 1. The summed E-state index contributed by atoms with van der Waals surface area (Å²) in [7, 11) is 0. The smallest absolute Gasteiger partial charge is 0.326 e. The van der Waals surface area contributed by atoms with Gasteiger partial charge in [-0.2, -0.15) is 0 Å². The average Bonchev–Trinajstić information content (AvgIpc) is 3.07. The van der Waals surface area contributed by atoms with Gasteiger partial charge in [0.05, 0.1) is 29.2 Å². The Balaban J connectivity index is 1.98. The van der Waals surface area contributed by atoms with Gasteiger partial charge in [0, 0.05) is 12.1 Å². The lowest BCUT2D eigenvalue weighted by Crippen LogP contribution is -2.34. The van der Waals surface area contributed by atoms with Gasteiger partial charge in [-0.25, -0.2) is 0 Å². The molecule has 8 nitrogen and oxygen atoms in total. The normalized spacial score (nSPS) is 18.7. The van der Waals surface area contributed by atoms with Crippen LogP contribution in [0.1, 0.15) is 18.9 Å². The number of thioether (sulfide) groups is 1. The lowest BCUT2D eigenvalue weighted by molar-refractivity contribution is -0.142. The van der Waals surface area contributed by atoms with E-state index in [1.165, 1.54) is 9.80 Å². The minimum absolute atomic E-state index is 0.0703. The Hall–Kier alpha value is -2.72. The number of esters is 1. The number of ether oxygens (including phenoxy) is 1. The molecule has 1 aromatic rings. The predicted molar refractivity (Wildman–Crippen MR) is 107 cm³/mol. The summed E-state index contributed by atoms with van der Waals surface area (Å²) in [5.41, 5.74) is 1.19. The first-order valence-electron chi connectivity index (χ1n) is 8.41. The van der Waals surface area contributed by atoms with Crippen molar-refractivity contribution in [2.45, 2.75) is 13.3 Å². The molecule has 0 atom stereocenters. The Labute approximate surface area is 170 Å². The second kappa shape index (κ2) is 8.11. The molecule has 2 amide bonds. The van der Waals surface area contributed by atoms with Crippen LogP contribution in [0, 0.1) is 0 Å². The summed E-state index contributed by atoms with van der Waals surface area (Å²) < 4.78 is 5.13. The highest BCUT2D eigenvalue weighted by molar-refractivity contribution is 8.26. The van der Waals surface area contributed by atoms with E-state index in [1.54, 1.807) is 31.2 Å². The van der Waals surface area contributed by atoms with E-state index in [-0.39, 0.29) is 40.9 Å². The Morgan fingerprint density at radius 1 is 1.18 bits per heavy atom. The van der Waals surface area contributed by atoms with E-state index in [2.05, 4.69) is 0 Å². The molecule has 2 aliphatic rings. The van der Waals surface area contributed by atoms with E-state index in [1.807, 2.05) is 0 Å². The van der Waals surface area contributed by atoms with Crippen molar-refractivity contribution in [2.24, 2.45) is 0 Å². The maximum absolute atomic E-state index is 13.1. The maximum Gasteiger partial charge on any atom is 0.326 e. The molecule has 0 spiro atoms. The third-order valence-electron chi connectivity index (χ3n) is 4.14. The monoisotopic (exact) mass is 420 g/mol. The van der Waals surface area contributed by atoms with Crippen molar-refractivity contribution in [1.29, 1.82) is 0 Å². The Morgan fingerprint density at radius 3 is 2.57 bits per heavy atom. The first-order chi connectivity index (χ1) is 13.3. The molecular weight excluding hydrogens is 404 g/mol. The molecule has 2 heterocycles. The van der Waals surface area contributed by atoms with Crippen molar-refractivity contribution in [3.8, 4) is 0 Å². The van der Waals surface area contributed by atoms with Gasteiger partial charge in [-0.3, -0.25) is 29.0 Å². The largest absolute Gasteiger partial charge is 0.481 e. The van der Waals surface area contributed by atoms with Crippen LogP contribution in [-0.2, 0) is 23.9 Å². The van der Waals surface area contributed by atoms with E-state index < -0.39 is 23.8 Å². The highest BCUT2D eigenvalue weighted by Crippen LogP contribution is 2.44. The molecule has 2 aliphatic heterocycles. The summed E-state index contributed by atoms with van der Waals surface area (Å²) in [6.07, 6.45) is -0.255. The molecule has 3 rings (SSSR count). The van der Waals surface area contributed by atoms with Crippen LogP contribution in [0.4, 0.5) is 5.69 Å². The number of para-hydroxylation sites is 1. The van der Waals surface area contributed by atoms with Gasteiger partial charge in [0.15, 0.2) is 0 Å². The SMILES string of the molecule is CCOC(=O)CN1C(=O)/C(=C2/SC(=S)N(CCC(=O)O)C2=O)c2ccccc21. The highest BCUT2D eigenvalue weighted by atomic mass is 32.2. The van der Waals surface area contributed by atoms with Crippen LogP contribution in [0.15, 0.2) is 29.2 Å². The molecule has 0 bridgehead atoms. The molecule has 1 fully saturated rings. The summed E-state index contributed by atoms with van der Waals surface area (Å²) in [4.78, 5) is 51.2. The van der Waals surface area contributed by atoms with Crippen molar-refractivity contribution < 1.29 is 29.0 Å². The molecule has 0 aromatic heterocycles. The quantitative estimate of drug-likeness (QED) is 0.421. The van der Waals surface area contributed by atoms with Crippen LogP contribution in [0.2, 0.25) is 0 Å². The third-order valence-corrected chi connectivity index (χ3v) is 5.59. The van der Waals surface area contributed by atoms with E-state index in [0.29, 0.717) is 11.3 Å². The Kier molecular flexibility index (Phi) is 5.80. The van der Waals surface area contributed by atoms with Crippen LogP contribution in [-0.4, -0.2) is 57.8 Å². The zero-order valence-corrected chi connectivity index (χ0v) is 16.5. The number of carbonyl (C=O) groups excluding carboxylic acids is 3. The summed E-state index contributed by atoms with van der Waals surface area (Å²) in [5.74, 6) is -2.61. The first kappa shape index (κ1) is 20.0. The van der Waals surface area contributed by atoms with Crippen molar-refractivity contribution >= 4 is 63.3 Å². The number of amides is 2. The van der Waals surface area contributed by atoms with Crippen molar-refractivity contribution in [1.82, 2.24) is 4.90 Å². The van der Waals surface area contributed by atoms with Gasteiger partial charge >= 0.3 is 11.9 Å². The zero-order valence-electron chi connectivity index (χ0n) is 14.8. The van der Waals surface area contributed by atoms with Crippen LogP contribution in [0.25, 0.3) is 5.57 Å². The molecule has 146 valence electrons. The molecule has 1 N–H and O–H groups in total. The van der Waals surface area contributed by atoms with E-state index >= 15 is 0 Å².